The van der Waals surface area contributed by atoms with Gasteiger partial charge in [0, 0.05) is 24.6 Å². The summed E-state index contributed by atoms with van der Waals surface area (Å²) in [7, 11) is 0. The fourth-order valence-corrected chi connectivity index (χ4v) is 2.85. The number of carbonyl (C=O) groups is 2. The lowest BCUT2D eigenvalue weighted by Crippen LogP contribution is -2.54. The molecule has 3 rings (SSSR count). The predicted molar refractivity (Wildman–Crippen MR) is 71.2 cm³/mol. The Balaban J connectivity index is 1.56. The van der Waals surface area contributed by atoms with E-state index in [9.17, 15) is 19.7 Å². The Hall–Kier alpha value is -2.44. The van der Waals surface area contributed by atoms with Crippen molar-refractivity contribution in [1.29, 1.82) is 0 Å². The SMILES string of the molecule is O=C(OCc1ccc([N+](=O)[O-])cc1)C1CCC2CC(=O)N21. The van der Waals surface area contributed by atoms with Crippen molar-refractivity contribution in [1.82, 2.24) is 4.90 Å². The van der Waals surface area contributed by atoms with Crippen molar-refractivity contribution >= 4 is 17.6 Å². The Labute approximate surface area is 120 Å². The molecule has 0 saturated carbocycles. The van der Waals surface area contributed by atoms with E-state index in [-0.39, 0.29) is 24.2 Å². The van der Waals surface area contributed by atoms with Gasteiger partial charge in [0.2, 0.25) is 5.91 Å². The smallest absolute Gasteiger partial charge is 0.329 e. The highest BCUT2D eigenvalue weighted by molar-refractivity contribution is 5.90. The molecule has 0 bridgehead atoms. The summed E-state index contributed by atoms with van der Waals surface area (Å²) in [5, 5.41) is 10.5. The summed E-state index contributed by atoms with van der Waals surface area (Å²) in [6.45, 7) is 0.0556. The molecule has 2 unspecified atom stereocenters. The van der Waals surface area contributed by atoms with E-state index in [2.05, 4.69) is 0 Å². The predicted octanol–water partition coefficient (Wildman–Crippen LogP) is 1.40. The van der Waals surface area contributed by atoms with Gasteiger partial charge in [-0.3, -0.25) is 14.9 Å². The highest BCUT2D eigenvalue weighted by Gasteiger charge is 2.48. The zero-order valence-electron chi connectivity index (χ0n) is 11.2. The Morgan fingerprint density at radius 1 is 1.33 bits per heavy atom. The molecule has 1 aromatic rings. The van der Waals surface area contributed by atoms with Crippen LogP contribution in [0.3, 0.4) is 0 Å². The van der Waals surface area contributed by atoms with Gasteiger partial charge in [-0.2, -0.15) is 0 Å². The van der Waals surface area contributed by atoms with Gasteiger partial charge in [0.25, 0.3) is 5.69 Å². The van der Waals surface area contributed by atoms with E-state index >= 15 is 0 Å². The Morgan fingerprint density at radius 2 is 2.05 bits per heavy atom. The first kappa shape index (κ1) is 13.5. The Morgan fingerprint density at radius 3 is 2.67 bits per heavy atom. The van der Waals surface area contributed by atoms with Crippen molar-refractivity contribution < 1.29 is 19.2 Å². The monoisotopic (exact) mass is 290 g/mol. The van der Waals surface area contributed by atoms with E-state index in [0.29, 0.717) is 18.4 Å². The Kier molecular flexibility index (Phi) is 3.32. The summed E-state index contributed by atoms with van der Waals surface area (Å²) in [5.74, 6) is -0.390. The number of nitrogens with zero attached hydrogens (tertiary/aromatic N) is 2. The maximum Gasteiger partial charge on any atom is 0.329 e. The average molecular weight is 290 g/mol. The molecular formula is C14H14N2O5. The largest absolute Gasteiger partial charge is 0.459 e. The number of rotatable bonds is 4. The van der Waals surface area contributed by atoms with Crippen LogP contribution >= 0.6 is 0 Å². The second-order valence-corrected chi connectivity index (χ2v) is 5.28. The number of carbonyl (C=O) groups excluding carboxylic acids is 2. The van der Waals surface area contributed by atoms with Crippen LogP contribution in [0.25, 0.3) is 0 Å². The summed E-state index contributed by atoms with van der Waals surface area (Å²) >= 11 is 0. The zero-order valence-corrected chi connectivity index (χ0v) is 11.2. The lowest BCUT2D eigenvalue weighted by atomic mass is 10.0. The summed E-state index contributed by atoms with van der Waals surface area (Å²) in [4.78, 5) is 35.1. The number of ether oxygens (including phenoxy) is 1. The molecule has 2 aliphatic heterocycles. The van der Waals surface area contributed by atoms with Gasteiger partial charge in [0.1, 0.15) is 12.6 Å². The van der Waals surface area contributed by atoms with Crippen LogP contribution in [0.4, 0.5) is 5.69 Å². The molecule has 2 aliphatic rings. The van der Waals surface area contributed by atoms with Crippen molar-refractivity contribution in [2.24, 2.45) is 0 Å². The lowest BCUT2D eigenvalue weighted by molar-refractivity contribution is -0.384. The van der Waals surface area contributed by atoms with Crippen LogP contribution in [0, 0.1) is 10.1 Å². The molecule has 110 valence electrons. The topological polar surface area (TPSA) is 89.7 Å². The molecule has 7 nitrogen and oxygen atoms in total. The number of nitro benzene ring substituents is 1. The summed E-state index contributed by atoms with van der Waals surface area (Å²) in [6, 6.07) is 5.58. The van der Waals surface area contributed by atoms with Crippen LogP contribution in [-0.4, -0.2) is 33.8 Å². The van der Waals surface area contributed by atoms with Gasteiger partial charge < -0.3 is 9.64 Å². The lowest BCUT2D eigenvalue weighted by Gasteiger charge is -2.37. The van der Waals surface area contributed by atoms with E-state index < -0.39 is 16.9 Å². The molecule has 0 radical (unpaired) electrons. The van der Waals surface area contributed by atoms with Crippen molar-refractivity contribution in [3.05, 3.63) is 39.9 Å². The first-order chi connectivity index (χ1) is 10.1. The van der Waals surface area contributed by atoms with Crippen molar-refractivity contribution in [3.8, 4) is 0 Å². The fraction of sp³-hybridized carbons (Fsp3) is 0.429. The van der Waals surface area contributed by atoms with E-state index in [1.54, 1.807) is 17.0 Å². The second-order valence-electron chi connectivity index (χ2n) is 5.28. The van der Waals surface area contributed by atoms with Gasteiger partial charge in [-0.1, -0.05) is 0 Å². The molecule has 1 amide bonds. The molecule has 0 N–H and O–H groups in total. The maximum atomic E-state index is 12.0. The average Bonchev–Trinajstić information content (AvgIpc) is 2.82. The minimum atomic E-state index is -0.482. The number of esters is 1. The number of fused-ring (bicyclic) bond motifs is 1. The molecule has 0 aliphatic carbocycles. The number of hydrogen-bond donors (Lipinski definition) is 0. The molecule has 1 aromatic carbocycles. The third kappa shape index (κ3) is 2.46. The highest BCUT2D eigenvalue weighted by atomic mass is 16.6. The first-order valence-corrected chi connectivity index (χ1v) is 6.77. The summed E-state index contributed by atoms with van der Waals surface area (Å²) in [6.07, 6.45) is 2.03. The number of non-ortho nitro benzene ring substituents is 1. The summed E-state index contributed by atoms with van der Waals surface area (Å²) in [5.41, 5.74) is 0.674. The van der Waals surface area contributed by atoms with Crippen LogP contribution in [0.15, 0.2) is 24.3 Å². The van der Waals surface area contributed by atoms with Gasteiger partial charge in [0.15, 0.2) is 0 Å². The first-order valence-electron chi connectivity index (χ1n) is 6.77. The normalized spacial score (nSPS) is 23.4. The van der Waals surface area contributed by atoms with E-state index in [1.165, 1.54) is 12.1 Å². The molecule has 21 heavy (non-hydrogen) atoms. The van der Waals surface area contributed by atoms with E-state index in [4.69, 9.17) is 4.74 Å². The standard InChI is InChI=1S/C14H14N2O5/c17-13-7-11-5-6-12(15(11)13)14(18)21-8-9-1-3-10(4-2-9)16(19)20/h1-4,11-12H,5-8H2. The molecule has 0 aromatic heterocycles. The van der Waals surface area contributed by atoms with Gasteiger partial charge >= 0.3 is 5.97 Å². The molecule has 2 fully saturated rings. The highest BCUT2D eigenvalue weighted by Crippen LogP contribution is 2.35. The molecule has 0 spiro atoms. The number of amides is 1. The molecular weight excluding hydrogens is 276 g/mol. The number of β-lactam (4-membered cyclic amide) rings is 1. The maximum absolute atomic E-state index is 12.0. The van der Waals surface area contributed by atoms with Gasteiger partial charge in [0.05, 0.1) is 4.92 Å². The zero-order chi connectivity index (χ0) is 15.0. The van der Waals surface area contributed by atoms with Crippen molar-refractivity contribution in [2.75, 3.05) is 0 Å². The summed E-state index contributed by atoms with van der Waals surface area (Å²) < 4.78 is 5.21. The van der Waals surface area contributed by atoms with Crippen LogP contribution in [0.1, 0.15) is 24.8 Å². The minimum absolute atomic E-state index is 0.00473. The van der Waals surface area contributed by atoms with E-state index in [1.807, 2.05) is 0 Å². The van der Waals surface area contributed by atoms with Gasteiger partial charge in [-0.15, -0.1) is 0 Å². The number of hydrogen-bond acceptors (Lipinski definition) is 5. The van der Waals surface area contributed by atoms with Crippen molar-refractivity contribution in [3.63, 3.8) is 0 Å². The molecule has 2 heterocycles. The minimum Gasteiger partial charge on any atom is -0.459 e. The van der Waals surface area contributed by atoms with E-state index in [0.717, 1.165) is 6.42 Å². The van der Waals surface area contributed by atoms with Gasteiger partial charge in [-0.05, 0) is 30.5 Å². The number of benzene rings is 1. The molecule has 7 heteroatoms. The van der Waals surface area contributed by atoms with Gasteiger partial charge in [-0.25, -0.2) is 4.79 Å². The van der Waals surface area contributed by atoms with Crippen LogP contribution in [-0.2, 0) is 20.9 Å². The quantitative estimate of drug-likeness (QED) is 0.362. The van der Waals surface area contributed by atoms with Crippen molar-refractivity contribution in [2.45, 2.75) is 38.0 Å². The third-order valence-corrected chi connectivity index (χ3v) is 4.00. The molecule has 2 atom stereocenters. The van der Waals surface area contributed by atoms with Crippen LogP contribution in [0.2, 0.25) is 0 Å². The Bertz CT molecular complexity index is 598. The number of nitro groups is 1. The fourth-order valence-electron chi connectivity index (χ4n) is 2.85. The second kappa shape index (κ2) is 5.16. The molecule has 2 saturated heterocycles. The van der Waals surface area contributed by atoms with Crippen LogP contribution in [0.5, 0.6) is 0 Å². The third-order valence-electron chi connectivity index (χ3n) is 4.00. The van der Waals surface area contributed by atoms with Crippen LogP contribution < -0.4 is 0 Å².